The molecule has 0 amide bonds. The predicted octanol–water partition coefficient (Wildman–Crippen LogP) is 11.1. The average Bonchev–Trinajstić information content (AvgIpc) is 3.17. The number of ether oxygens (including phenoxy) is 3. The van der Waals surface area contributed by atoms with Crippen LogP contribution in [0.2, 0.25) is 36.3 Å². The van der Waals surface area contributed by atoms with Crippen molar-refractivity contribution in [1.82, 2.24) is 0 Å². The highest BCUT2D eigenvalue weighted by Crippen LogP contribution is 2.39. The van der Waals surface area contributed by atoms with Crippen LogP contribution in [0.15, 0.2) is 89.8 Å². The van der Waals surface area contributed by atoms with Crippen LogP contribution in [0.5, 0.6) is 5.75 Å². The van der Waals surface area contributed by atoms with E-state index in [1.165, 1.54) is 0 Å². The number of sulfone groups is 1. The second-order valence-corrected chi connectivity index (χ2v) is 30.3. The van der Waals surface area contributed by atoms with Crippen LogP contribution < -0.4 is 4.74 Å². The molecule has 0 heterocycles. The molecule has 0 aliphatic carbocycles. The maximum absolute atomic E-state index is 14.2. The zero-order valence-corrected chi connectivity index (χ0v) is 40.7. The maximum atomic E-state index is 14.2. The van der Waals surface area contributed by atoms with E-state index >= 15 is 0 Å². The molecule has 0 aromatic heterocycles. The van der Waals surface area contributed by atoms with Gasteiger partial charge in [-0.2, -0.15) is 0 Å². The van der Waals surface area contributed by atoms with Crippen molar-refractivity contribution in [2.45, 2.75) is 164 Å². The van der Waals surface area contributed by atoms with Crippen LogP contribution in [0.4, 0.5) is 0 Å². The Morgan fingerprint density at radius 3 is 1.69 bits per heavy atom. The molecule has 8 nitrogen and oxygen atoms in total. The van der Waals surface area contributed by atoms with Crippen LogP contribution in [0.25, 0.3) is 0 Å². The van der Waals surface area contributed by atoms with Crippen molar-refractivity contribution in [3.63, 3.8) is 0 Å². The lowest BCUT2D eigenvalue weighted by molar-refractivity contribution is 0.0277. The second-order valence-electron chi connectivity index (χ2n) is 18.7. The van der Waals surface area contributed by atoms with Gasteiger partial charge >= 0.3 is 0 Å². The molecule has 1 N–H and O–H groups in total. The first-order valence-electron chi connectivity index (χ1n) is 21.3. The molecule has 0 aliphatic rings. The molecule has 4 atom stereocenters. The number of rotatable bonds is 24. The first kappa shape index (κ1) is 50.6. The zero-order chi connectivity index (χ0) is 43.7. The summed E-state index contributed by atoms with van der Waals surface area (Å²) in [5.74, 6) is 7.35. The maximum Gasteiger partial charge on any atom is 0.192 e. The van der Waals surface area contributed by atoms with Crippen molar-refractivity contribution in [2.24, 2.45) is 0 Å². The van der Waals surface area contributed by atoms with Crippen LogP contribution in [0, 0.1) is 11.8 Å². The van der Waals surface area contributed by atoms with Gasteiger partial charge in [0, 0.05) is 25.6 Å². The molecule has 0 saturated heterocycles. The minimum absolute atomic E-state index is 0.00482. The number of methoxy groups -OCH3 is 1. The number of benzene rings is 3. The fraction of sp³-hybridized carbons (Fsp3) is 0.583. The zero-order valence-electron chi connectivity index (χ0n) is 37.9. The summed E-state index contributed by atoms with van der Waals surface area (Å²) in [5, 5.41) is 10.6. The normalized spacial score (nSPS) is 14.8. The Bertz CT molecular complexity index is 1810. The van der Waals surface area contributed by atoms with Crippen molar-refractivity contribution in [2.75, 3.05) is 20.3 Å². The number of aliphatic hydroxyl groups excluding tert-OH is 1. The summed E-state index contributed by atoms with van der Waals surface area (Å²) in [4.78, 5) is 0.207. The van der Waals surface area contributed by atoms with E-state index in [1.54, 1.807) is 37.4 Å². The molecule has 0 bridgehead atoms. The number of hydrogen-bond acceptors (Lipinski definition) is 8. The molecular formula is C48H74O8SSi2. The van der Waals surface area contributed by atoms with Crippen molar-refractivity contribution in [3.8, 4) is 17.6 Å². The Morgan fingerprint density at radius 2 is 1.14 bits per heavy atom. The summed E-state index contributed by atoms with van der Waals surface area (Å²) in [6.07, 6.45) is 2.02. The molecule has 328 valence electrons. The summed E-state index contributed by atoms with van der Waals surface area (Å²) in [6, 6.07) is 26.3. The van der Waals surface area contributed by atoms with E-state index in [0.717, 1.165) is 29.7 Å². The molecule has 2 unspecified atom stereocenters. The van der Waals surface area contributed by atoms with Gasteiger partial charge < -0.3 is 28.2 Å². The van der Waals surface area contributed by atoms with E-state index in [1.807, 2.05) is 54.6 Å². The lowest BCUT2D eigenvalue weighted by Crippen LogP contribution is -2.45. The Kier molecular flexibility index (Phi) is 20.1. The fourth-order valence-electron chi connectivity index (χ4n) is 6.14. The van der Waals surface area contributed by atoms with E-state index in [-0.39, 0.29) is 40.0 Å². The molecule has 0 radical (unpaired) electrons. The van der Waals surface area contributed by atoms with Gasteiger partial charge in [0.2, 0.25) is 0 Å². The fourth-order valence-corrected chi connectivity index (χ4v) is 10.8. The van der Waals surface area contributed by atoms with Gasteiger partial charge in [-0.25, -0.2) is 8.42 Å². The highest BCUT2D eigenvalue weighted by Gasteiger charge is 2.41. The van der Waals surface area contributed by atoms with Gasteiger partial charge in [0.15, 0.2) is 26.5 Å². The summed E-state index contributed by atoms with van der Waals surface area (Å²) in [6.45, 7) is 24.1. The first-order chi connectivity index (χ1) is 27.7. The van der Waals surface area contributed by atoms with Gasteiger partial charge in [-0.05, 0) is 104 Å². The van der Waals surface area contributed by atoms with Gasteiger partial charge in [0.1, 0.15) is 5.75 Å². The van der Waals surface area contributed by atoms with E-state index in [9.17, 15) is 13.5 Å². The smallest absolute Gasteiger partial charge is 0.192 e. The van der Waals surface area contributed by atoms with E-state index in [2.05, 4.69) is 79.6 Å². The third-order valence-electron chi connectivity index (χ3n) is 11.9. The highest BCUT2D eigenvalue weighted by atomic mass is 32.2. The Labute approximate surface area is 359 Å². The van der Waals surface area contributed by atoms with Crippen LogP contribution in [-0.2, 0) is 41.4 Å². The second kappa shape index (κ2) is 23.4. The van der Waals surface area contributed by atoms with Crippen molar-refractivity contribution in [1.29, 1.82) is 0 Å². The molecule has 0 saturated carbocycles. The van der Waals surface area contributed by atoms with Crippen molar-refractivity contribution in [3.05, 3.63) is 96.1 Å². The van der Waals surface area contributed by atoms with Gasteiger partial charge in [0.05, 0.1) is 49.3 Å². The van der Waals surface area contributed by atoms with E-state index in [0.29, 0.717) is 45.7 Å². The Morgan fingerprint density at radius 1 is 0.627 bits per heavy atom. The first-order valence-corrected chi connectivity index (χ1v) is 28.6. The van der Waals surface area contributed by atoms with Crippen molar-refractivity contribution >= 4 is 26.5 Å². The summed E-state index contributed by atoms with van der Waals surface area (Å²) < 4.78 is 59.5. The predicted molar refractivity (Wildman–Crippen MR) is 246 cm³/mol. The third kappa shape index (κ3) is 16.9. The standard InChI is InChI=1S/C48H74O8SSi2/c1-47(2,3)58(8,9)55-42(34-35-53-36-40-28-30-41(52-7)31-29-40)24-18-12-13-21-27-45(49)46(57(50,51)44-25-19-15-20-26-44)33-32-43(56-59(10,11)48(4,5)6)38-54-37-39-22-16-14-17-23-39/h14-17,19-20,22-23,25-26,28-31,42-43,45-46,49H,18,21,24,27,32-38H2,1-11H3/t42-,43+,45?,46?/m1/s1. The topological polar surface area (TPSA) is 101 Å². The van der Waals surface area contributed by atoms with Crippen LogP contribution in [0.3, 0.4) is 0 Å². The minimum atomic E-state index is -3.87. The summed E-state index contributed by atoms with van der Waals surface area (Å²) in [5.41, 5.74) is 2.15. The van der Waals surface area contributed by atoms with Crippen LogP contribution in [0.1, 0.15) is 97.6 Å². The lowest BCUT2D eigenvalue weighted by Gasteiger charge is -2.39. The SMILES string of the molecule is COc1ccc(COCC[C@@H](CCC#CCCC(O)C(CC[C@@H](COCc2ccccc2)O[Si](C)(C)C(C)(C)C)S(=O)(=O)c2ccccc2)O[Si](C)(C)C(C)(C)C)cc1. The lowest BCUT2D eigenvalue weighted by atomic mass is 10.0. The molecule has 3 aromatic carbocycles. The van der Waals surface area contributed by atoms with Gasteiger partial charge in [-0.15, -0.1) is 11.8 Å². The molecule has 0 spiro atoms. The summed E-state index contributed by atoms with van der Waals surface area (Å²) >= 11 is 0. The quantitative estimate of drug-likeness (QED) is 0.0540. The highest BCUT2D eigenvalue weighted by molar-refractivity contribution is 7.92. The molecule has 59 heavy (non-hydrogen) atoms. The number of aliphatic hydroxyl groups is 1. The van der Waals surface area contributed by atoms with E-state index < -0.39 is 37.8 Å². The molecular weight excluding hydrogens is 793 g/mol. The van der Waals surface area contributed by atoms with Crippen LogP contribution in [-0.4, -0.2) is 74.0 Å². The summed E-state index contributed by atoms with van der Waals surface area (Å²) in [7, 11) is -6.47. The Hall–Kier alpha value is -2.80. The van der Waals surface area contributed by atoms with Gasteiger partial charge in [-0.3, -0.25) is 0 Å². The van der Waals surface area contributed by atoms with Gasteiger partial charge in [-0.1, -0.05) is 102 Å². The largest absolute Gasteiger partial charge is 0.497 e. The minimum Gasteiger partial charge on any atom is -0.497 e. The molecule has 0 fully saturated rings. The molecule has 0 aliphatic heterocycles. The average molecular weight is 867 g/mol. The molecule has 11 heteroatoms. The molecule has 3 aromatic rings. The Balaban J connectivity index is 1.68. The monoisotopic (exact) mass is 866 g/mol. The van der Waals surface area contributed by atoms with Crippen LogP contribution >= 0.6 is 0 Å². The van der Waals surface area contributed by atoms with E-state index in [4.69, 9.17) is 23.1 Å². The third-order valence-corrected chi connectivity index (χ3v) is 23.3. The van der Waals surface area contributed by atoms with Crippen molar-refractivity contribution < 1.29 is 36.6 Å². The number of hydrogen-bond donors (Lipinski definition) is 1. The molecule has 3 rings (SSSR count). The van der Waals surface area contributed by atoms with Gasteiger partial charge in [0.25, 0.3) is 0 Å².